The monoisotopic (exact) mass is 220 g/mol. The zero-order chi connectivity index (χ0) is 11.8. The largest absolute Gasteiger partial charge is 0.347 e. The molecule has 0 radical (unpaired) electrons. The number of nitrogens with one attached hydrogen (secondary N) is 1. The fourth-order valence-electron chi connectivity index (χ4n) is 2.08. The normalized spacial score (nSPS) is 19.2. The van der Waals surface area contributed by atoms with Gasteiger partial charge in [0, 0.05) is 17.9 Å². The number of aromatic nitrogens is 2. The average Bonchev–Trinajstić information content (AvgIpc) is 2.98. The summed E-state index contributed by atoms with van der Waals surface area (Å²) in [5.74, 6) is 1.37. The summed E-state index contributed by atoms with van der Waals surface area (Å²) in [6, 6.07) is 1.97. The van der Waals surface area contributed by atoms with Gasteiger partial charge >= 0.3 is 0 Å². The number of nitrogens with zero attached hydrogens (tertiary/aromatic N) is 2. The molecule has 0 amide bonds. The fraction of sp³-hybridized carbons (Fsp3) is 0.667. The minimum absolute atomic E-state index is 0.0553. The van der Waals surface area contributed by atoms with Gasteiger partial charge in [-0.15, -0.1) is 0 Å². The molecule has 1 aliphatic rings. The van der Waals surface area contributed by atoms with Crippen LogP contribution in [-0.4, -0.2) is 22.1 Å². The predicted molar refractivity (Wildman–Crippen MR) is 65.3 cm³/mol. The zero-order valence-corrected chi connectivity index (χ0v) is 10.2. The maximum Gasteiger partial charge on any atom is 0.223 e. The van der Waals surface area contributed by atoms with Gasteiger partial charge in [-0.25, -0.2) is 9.97 Å². The summed E-state index contributed by atoms with van der Waals surface area (Å²) in [4.78, 5) is 8.80. The molecule has 0 spiro atoms. The molecule has 1 aliphatic carbocycles. The summed E-state index contributed by atoms with van der Waals surface area (Å²) in [6.07, 6.45) is 2.51. The van der Waals surface area contributed by atoms with E-state index < -0.39 is 0 Å². The summed E-state index contributed by atoms with van der Waals surface area (Å²) in [5.41, 5.74) is 7.78. The molecule has 0 bridgehead atoms. The van der Waals surface area contributed by atoms with Crippen molar-refractivity contribution >= 4 is 5.95 Å². The fourth-order valence-corrected chi connectivity index (χ4v) is 2.08. The third kappa shape index (κ3) is 2.32. The zero-order valence-electron chi connectivity index (χ0n) is 10.2. The standard InChI is InChI=1S/C12H20N4/c1-8-6-9(2)15-11(14-8)16-12(3,7-13)10-4-5-10/h6,10H,4-5,7,13H2,1-3H3,(H,14,15,16). The first-order valence-electron chi connectivity index (χ1n) is 5.84. The molecule has 1 atom stereocenters. The highest BCUT2D eigenvalue weighted by molar-refractivity contribution is 5.33. The second kappa shape index (κ2) is 4.01. The van der Waals surface area contributed by atoms with E-state index in [0.29, 0.717) is 18.4 Å². The van der Waals surface area contributed by atoms with Crippen molar-refractivity contribution in [1.82, 2.24) is 9.97 Å². The van der Waals surface area contributed by atoms with Crippen molar-refractivity contribution in [3.8, 4) is 0 Å². The average molecular weight is 220 g/mol. The van der Waals surface area contributed by atoms with E-state index in [-0.39, 0.29) is 5.54 Å². The number of hydrogen-bond donors (Lipinski definition) is 2. The van der Waals surface area contributed by atoms with Gasteiger partial charge in [0.1, 0.15) is 0 Å². The molecule has 3 N–H and O–H groups in total. The first-order chi connectivity index (χ1) is 7.53. The number of aryl methyl sites for hydroxylation is 2. The van der Waals surface area contributed by atoms with Crippen molar-refractivity contribution in [2.75, 3.05) is 11.9 Å². The number of nitrogens with two attached hydrogens (primary N) is 1. The van der Waals surface area contributed by atoms with Gasteiger partial charge in [0.2, 0.25) is 5.95 Å². The van der Waals surface area contributed by atoms with Crippen LogP contribution in [0.5, 0.6) is 0 Å². The van der Waals surface area contributed by atoms with E-state index >= 15 is 0 Å². The lowest BCUT2D eigenvalue weighted by atomic mass is 9.96. The van der Waals surface area contributed by atoms with E-state index in [1.54, 1.807) is 0 Å². The molecule has 4 heteroatoms. The van der Waals surface area contributed by atoms with Crippen LogP contribution < -0.4 is 11.1 Å². The van der Waals surface area contributed by atoms with Crippen molar-refractivity contribution < 1.29 is 0 Å². The van der Waals surface area contributed by atoms with Crippen LogP contribution in [0.25, 0.3) is 0 Å². The van der Waals surface area contributed by atoms with Crippen LogP contribution in [0.15, 0.2) is 6.07 Å². The molecule has 1 fully saturated rings. The Bertz CT molecular complexity index is 366. The van der Waals surface area contributed by atoms with Gasteiger partial charge in [-0.1, -0.05) is 0 Å². The lowest BCUT2D eigenvalue weighted by molar-refractivity contribution is 0.455. The second-order valence-electron chi connectivity index (χ2n) is 5.00. The predicted octanol–water partition coefficient (Wildman–Crippen LogP) is 1.63. The van der Waals surface area contributed by atoms with Gasteiger partial charge in [0.05, 0.1) is 5.54 Å². The Morgan fingerprint density at radius 3 is 2.38 bits per heavy atom. The number of rotatable bonds is 4. The molecule has 1 unspecified atom stereocenters. The van der Waals surface area contributed by atoms with E-state index in [9.17, 15) is 0 Å². The molecule has 0 aliphatic heterocycles. The first kappa shape index (κ1) is 11.3. The van der Waals surface area contributed by atoms with Gasteiger partial charge in [0.15, 0.2) is 0 Å². The maximum atomic E-state index is 5.85. The molecule has 88 valence electrons. The van der Waals surface area contributed by atoms with Gasteiger partial charge in [-0.2, -0.15) is 0 Å². The third-order valence-corrected chi connectivity index (χ3v) is 3.28. The Morgan fingerprint density at radius 1 is 1.38 bits per heavy atom. The lowest BCUT2D eigenvalue weighted by Crippen LogP contribution is -2.45. The van der Waals surface area contributed by atoms with Crippen LogP contribution in [0.1, 0.15) is 31.2 Å². The molecule has 2 rings (SSSR count). The van der Waals surface area contributed by atoms with Crippen molar-refractivity contribution in [3.63, 3.8) is 0 Å². The molecule has 16 heavy (non-hydrogen) atoms. The van der Waals surface area contributed by atoms with E-state index in [2.05, 4.69) is 22.2 Å². The summed E-state index contributed by atoms with van der Waals surface area (Å²) in [6.45, 7) is 6.74. The van der Waals surface area contributed by atoms with Crippen LogP contribution in [-0.2, 0) is 0 Å². The molecule has 0 aromatic carbocycles. The Balaban J connectivity index is 2.18. The molecule has 1 saturated carbocycles. The van der Waals surface area contributed by atoms with Crippen LogP contribution >= 0.6 is 0 Å². The SMILES string of the molecule is Cc1cc(C)nc(NC(C)(CN)C2CC2)n1. The van der Waals surface area contributed by atoms with Crippen LogP contribution in [0.3, 0.4) is 0 Å². The number of anilines is 1. The quantitative estimate of drug-likeness (QED) is 0.809. The highest BCUT2D eigenvalue weighted by Gasteiger charge is 2.41. The van der Waals surface area contributed by atoms with Gasteiger partial charge in [-0.3, -0.25) is 0 Å². The summed E-state index contributed by atoms with van der Waals surface area (Å²) >= 11 is 0. The number of hydrogen-bond acceptors (Lipinski definition) is 4. The van der Waals surface area contributed by atoms with Gasteiger partial charge in [-0.05, 0) is 45.6 Å². The topological polar surface area (TPSA) is 63.8 Å². The molecule has 1 aromatic heterocycles. The Kier molecular flexibility index (Phi) is 2.84. The summed E-state index contributed by atoms with van der Waals surface area (Å²) < 4.78 is 0. The highest BCUT2D eigenvalue weighted by atomic mass is 15.2. The molecule has 1 heterocycles. The Morgan fingerprint density at radius 2 is 1.94 bits per heavy atom. The molecule has 4 nitrogen and oxygen atoms in total. The summed E-state index contributed by atoms with van der Waals surface area (Å²) in [7, 11) is 0. The summed E-state index contributed by atoms with van der Waals surface area (Å²) in [5, 5.41) is 3.40. The van der Waals surface area contributed by atoms with E-state index in [1.807, 2.05) is 19.9 Å². The first-order valence-corrected chi connectivity index (χ1v) is 5.84. The van der Waals surface area contributed by atoms with E-state index in [1.165, 1.54) is 12.8 Å². The van der Waals surface area contributed by atoms with Crippen LogP contribution in [0, 0.1) is 19.8 Å². The van der Waals surface area contributed by atoms with Crippen LogP contribution in [0.4, 0.5) is 5.95 Å². The van der Waals surface area contributed by atoms with E-state index in [4.69, 9.17) is 5.73 Å². The third-order valence-electron chi connectivity index (χ3n) is 3.28. The minimum atomic E-state index is -0.0553. The van der Waals surface area contributed by atoms with Crippen molar-refractivity contribution in [3.05, 3.63) is 17.5 Å². The molecular weight excluding hydrogens is 200 g/mol. The minimum Gasteiger partial charge on any atom is -0.347 e. The molecule has 0 saturated heterocycles. The maximum absolute atomic E-state index is 5.85. The molecular formula is C12H20N4. The van der Waals surface area contributed by atoms with Gasteiger partial charge in [0.25, 0.3) is 0 Å². The van der Waals surface area contributed by atoms with Crippen molar-refractivity contribution in [2.24, 2.45) is 11.7 Å². The van der Waals surface area contributed by atoms with Crippen molar-refractivity contribution in [2.45, 2.75) is 39.2 Å². The highest BCUT2D eigenvalue weighted by Crippen LogP contribution is 2.40. The Hall–Kier alpha value is -1.16. The smallest absolute Gasteiger partial charge is 0.223 e. The van der Waals surface area contributed by atoms with Crippen molar-refractivity contribution in [1.29, 1.82) is 0 Å². The van der Waals surface area contributed by atoms with Gasteiger partial charge < -0.3 is 11.1 Å². The molecule has 1 aromatic rings. The second-order valence-corrected chi connectivity index (χ2v) is 5.00. The van der Waals surface area contributed by atoms with Crippen LogP contribution in [0.2, 0.25) is 0 Å². The Labute approximate surface area is 96.7 Å². The lowest BCUT2D eigenvalue weighted by Gasteiger charge is -2.29. The van der Waals surface area contributed by atoms with E-state index in [0.717, 1.165) is 11.4 Å².